The van der Waals surface area contributed by atoms with Gasteiger partial charge in [0, 0.05) is 18.2 Å². The molecule has 1 atom stereocenters. The number of fused-ring (bicyclic) bond motifs is 1. The maximum absolute atomic E-state index is 12.1. The second kappa shape index (κ2) is 5.03. The van der Waals surface area contributed by atoms with E-state index in [-0.39, 0.29) is 11.9 Å². The van der Waals surface area contributed by atoms with Crippen molar-refractivity contribution in [3.8, 4) is 11.5 Å². The molecule has 1 N–H and O–H groups in total. The quantitative estimate of drug-likeness (QED) is 0.770. The monoisotopic (exact) mass is 293 g/mol. The lowest BCUT2D eigenvalue weighted by molar-refractivity contribution is 0.0915. The molecule has 1 aliphatic heterocycles. The number of aromatic nitrogens is 4. The molecule has 3 heterocycles. The Morgan fingerprint density at radius 1 is 1.18 bits per heavy atom. The highest BCUT2D eigenvalue weighted by atomic mass is 16.5. The topological polar surface area (TPSA) is 93.8 Å². The number of hydrogen-bond acceptors (Lipinski definition) is 6. The molecule has 0 saturated carbocycles. The largest absolute Gasteiger partial charge is 0.340 e. The van der Waals surface area contributed by atoms with E-state index in [9.17, 15) is 4.79 Å². The van der Waals surface area contributed by atoms with Crippen molar-refractivity contribution in [1.29, 1.82) is 0 Å². The van der Waals surface area contributed by atoms with Gasteiger partial charge < -0.3 is 9.84 Å². The molecule has 4 rings (SSSR count). The predicted octanol–water partition coefficient (Wildman–Crippen LogP) is 1.55. The van der Waals surface area contributed by atoms with Crippen LogP contribution in [0.4, 0.5) is 0 Å². The molecule has 0 saturated heterocycles. The zero-order chi connectivity index (χ0) is 14.9. The molecule has 1 aromatic carbocycles. The minimum Gasteiger partial charge on any atom is -0.340 e. The second-order valence-corrected chi connectivity index (χ2v) is 4.95. The van der Waals surface area contributed by atoms with E-state index < -0.39 is 0 Å². The summed E-state index contributed by atoms with van der Waals surface area (Å²) in [5.74, 6) is 0.589. The number of amides is 1. The van der Waals surface area contributed by atoms with Crippen LogP contribution < -0.4 is 5.32 Å². The molecule has 7 heteroatoms. The molecule has 3 aromatic rings. The SMILES string of the molecule is O=C1N[C@@H](c2nc(-c3cccnn3)no2)Cc2ccccc21. The first-order chi connectivity index (χ1) is 10.8. The Labute approximate surface area is 125 Å². The Morgan fingerprint density at radius 2 is 2.09 bits per heavy atom. The molecular formula is C15H11N5O2. The highest BCUT2D eigenvalue weighted by Crippen LogP contribution is 2.25. The van der Waals surface area contributed by atoms with Crippen molar-refractivity contribution >= 4 is 5.91 Å². The van der Waals surface area contributed by atoms with Gasteiger partial charge in [0.15, 0.2) is 0 Å². The summed E-state index contributed by atoms with van der Waals surface area (Å²) in [5.41, 5.74) is 2.18. The minimum absolute atomic E-state index is 0.133. The van der Waals surface area contributed by atoms with Crippen LogP contribution in [0.25, 0.3) is 11.5 Å². The Hall–Kier alpha value is -3.09. The number of carbonyl (C=O) groups excluding carboxylic acids is 1. The van der Waals surface area contributed by atoms with Gasteiger partial charge in [0.25, 0.3) is 5.91 Å². The zero-order valence-electron chi connectivity index (χ0n) is 11.4. The number of nitrogens with one attached hydrogen (secondary N) is 1. The maximum atomic E-state index is 12.1. The maximum Gasteiger partial charge on any atom is 0.252 e. The van der Waals surface area contributed by atoms with Crippen molar-refractivity contribution in [3.63, 3.8) is 0 Å². The van der Waals surface area contributed by atoms with E-state index in [4.69, 9.17) is 4.52 Å². The van der Waals surface area contributed by atoms with Crippen molar-refractivity contribution in [3.05, 3.63) is 59.6 Å². The van der Waals surface area contributed by atoms with E-state index in [0.717, 1.165) is 5.56 Å². The summed E-state index contributed by atoms with van der Waals surface area (Å²) in [5, 5.41) is 14.5. The highest BCUT2D eigenvalue weighted by molar-refractivity contribution is 5.97. The van der Waals surface area contributed by atoms with E-state index in [0.29, 0.717) is 29.4 Å². The first kappa shape index (κ1) is 12.6. The van der Waals surface area contributed by atoms with Crippen molar-refractivity contribution < 1.29 is 9.32 Å². The summed E-state index contributed by atoms with van der Waals surface area (Å²) < 4.78 is 5.28. The van der Waals surface area contributed by atoms with Gasteiger partial charge >= 0.3 is 0 Å². The highest BCUT2D eigenvalue weighted by Gasteiger charge is 2.29. The molecule has 0 aliphatic carbocycles. The normalized spacial score (nSPS) is 16.9. The number of benzene rings is 1. The van der Waals surface area contributed by atoms with Crippen molar-refractivity contribution in [2.75, 3.05) is 0 Å². The molecule has 0 fully saturated rings. The molecule has 1 aliphatic rings. The Balaban J connectivity index is 1.64. The number of nitrogens with zero attached hydrogens (tertiary/aromatic N) is 4. The first-order valence-electron chi connectivity index (χ1n) is 6.82. The zero-order valence-corrected chi connectivity index (χ0v) is 11.4. The summed E-state index contributed by atoms with van der Waals surface area (Å²) in [6, 6.07) is 10.7. The van der Waals surface area contributed by atoms with Crippen molar-refractivity contribution in [2.24, 2.45) is 0 Å². The molecule has 0 unspecified atom stereocenters. The van der Waals surface area contributed by atoms with E-state index in [1.807, 2.05) is 18.2 Å². The number of carbonyl (C=O) groups is 1. The molecule has 0 radical (unpaired) electrons. The van der Waals surface area contributed by atoms with Crippen LogP contribution in [-0.2, 0) is 6.42 Å². The lowest BCUT2D eigenvalue weighted by Gasteiger charge is -2.22. The summed E-state index contributed by atoms with van der Waals surface area (Å²) in [7, 11) is 0. The van der Waals surface area contributed by atoms with Crippen LogP contribution in [0.3, 0.4) is 0 Å². The standard InChI is InChI=1S/C15H11N5O2/c21-14-10-5-2-1-4-9(10)8-12(17-14)15-18-13(20-22-15)11-6-3-7-16-19-11/h1-7,12H,8H2,(H,17,21)/t12-/m1/s1. The van der Waals surface area contributed by atoms with Crippen LogP contribution in [0.2, 0.25) is 0 Å². The molecular weight excluding hydrogens is 282 g/mol. The predicted molar refractivity (Wildman–Crippen MR) is 75.7 cm³/mol. The van der Waals surface area contributed by atoms with Crippen molar-refractivity contribution in [2.45, 2.75) is 12.5 Å². The third-order valence-electron chi connectivity index (χ3n) is 3.53. The average molecular weight is 293 g/mol. The molecule has 108 valence electrons. The minimum atomic E-state index is -0.333. The molecule has 0 bridgehead atoms. The van der Waals surface area contributed by atoms with Gasteiger partial charge in [-0.1, -0.05) is 23.4 Å². The molecule has 2 aromatic heterocycles. The van der Waals surface area contributed by atoms with E-state index in [2.05, 4.69) is 25.7 Å². The smallest absolute Gasteiger partial charge is 0.252 e. The van der Waals surface area contributed by atoms with Crippen LogP contribution in [0.1, 0.15) is 27.9 Å². The Morgan fingerprint density at radius 3 is 2.95 bits per heavy atom. The molecule has 7 nitrogen and oxygen atoms in total. The fourth-order valence-electron chi connectivity index (χ4n) is 2.48. The van der Waals surface area contributed by atoms with Crippen LogP contribution >= 0.6 is 0 Å². The van der Waals surface area contributed by atoms with Crippen LogP contribution in [0.5, 0.6) is 0 Å². The number of rotatable bonds is 2. The third-order valence-corrected chi connectivity index (χ3v) is 3.53. The summed E-state index contributed by atoms with van der Waals surface area (Å²) in [6.45, 7) is 0. The van der Waals surface area contributed by atoms with Crippen LogP contribution in [0.15, 0.2) is 47.1 Å². The van der Waals surface area contributed by atoms with E-state index in [1.165, 1.54) is 0 Å². The molecule has 0 spiro atoms. The van der Waals surface area contributed by atoms with Crippen LogP contribution in [0, 0.1) is 0 Å². The summed E-state index contributed by atoms with van der Waals surface area (Å²) in [4.78, 5) is 16.4. The van der Waals surface area contributed by atoms with Gasteiger partial charge in [0.2, 0.25) is 11.7 Å². The van der Waals surface area contributed by atoms with Gasteiger partial charge in [-0.05, 0) is 23.8 Å². The fraction of sp³-hybridized carbons (Fsp3) is 0.133. The van der Waals surface area contributed by atoms with E-state index >= 15 is 0 Å². The van der Waals surface area contributed by atoms with Gasteiger partial charge in [0.05, 0.1) is 0 Å². The third kappa shape index (κ3) is 2.12. The lowest BCUT2D eigenvalue weighted by Crippen LogP contribution is -2.35. The summed E-state index contributed by atoms with van der Waals surface area (Å²) in [6.07, 6.45) is 2.19. The Bertz CT molecular complexity index is 831. The van der Waals surface area contributed by atoms with Gasteiger partial charge in [-0.15, -0.1) is 5.10 Å². The van der Waals surface area contributed by atoms with E-state index in [1.54, 1.807) is 24.4 Å². The lowest BCUT2D eigenvalue weighted by atomic mass is 9.95. The van der Waals surface area contributed by atoms with Gasteiger partial charge in [-0.3, -0.25) is 4.79 Å². The van der Waals surface area contributed by atoms with Crippen LogP contribution in [-0.4, -0.2) is 26.2 Å². The molecule has 1 amide bonds. The van der Waals surface area contributed by atoms with Crippen molar-refractivity contribution in [1.82, 2.24) is 25.7 Å². The van der Waals surface area contributed by atoms with Gasteiger partial charge in [-0.25, -0.2) is 0 Å². The van der Waals surface area contributed by atoms with Gasteiger partial charge in [0.1, 0.15) is 11.7 Å². The van der Waals surface area contributed by atoms with Gasteiger partial charge in [-0.2, -0.15) is 10.1 Å². The fourth-order valence-corrected chi connectivity index (χ4v) is 2.48. The Kier molecular flexibility index (Phi) is 2.89. The molecule has 22 heavy (non-hydrogen) atoms. The second-order valence-electron chi connectivity index (χ2n) is 4.95. The number of hydrogen-bond donors (Lipinski definition) is 1. The first-order valence-corrected chi connectivity index (χ1v) is 6.82. The summed E-state index contributed by atoms with van der Waals surface area (Å²) >= 11 is 0. The average Bonchev–Trinajstić information content (AvgIpc) is 3.06.